The van der Waals surface area contributed by atoms with Crippen LogP contribution < -0.4 is 4.90 Å². The molecule has 2 rings (SSSR count). The molecule has 0 N–H and O–H groups in total. The first-order valence-corrected chi connectivity index (χ1v) is 5.91. The zero-order valence-electron chi connectivity index (χ0n) is 11.1. The molecule has 0 aliphatic carbocycles. The van der Waals surface area contributed by atoms with Gasteiger partial charge >= 0.3 is 0 Å². The fourth-order valence-electron chi connectivity index (χ4n) is 1.78. The highest BCUT2D eigenvalue weighted by atomic mass is 19.1. The van der Waals surface area contributed by atoms with Crippen LogP contribution in [-0.2, 0) is 6.54 Å². The van der Waals surface area contributed by atoms with Gasteiger partial charge < -0.3 is 4.90 Å². The Morgan fingerprint density at radius 1 is 1.33 bits per heavy atom. The Labute approximate surface area is 106 Å². The molecule has 0 saturated carbocycles. The van der Waals surface area contributed by atoms with E-state index in [2.05, 4.69) is 10.1 Å². The summed E-state index contributed by atoms with van der Waals surface area (Å²) in [6, 6.07) is 4.92. The van der Waals surface area contributed by atoms with Crippen LogP contribution in [0.5, 0.6) is 0 Å². The summed E-state index contributed by atoms with van der Waals surface area (Å²) in [5.41, 5.74) is 1.44. The number of hydrogen-bond donors (Lipinski definition) is 0. The van der Waals surface area contributed by atoms with Gasteiger partial charge in [-0.1, -0.05) is 0 Å². The lowest BCUT2D eigenvalue weighted by Gasteiger charge is -2.10. The van der Waals surface area contributed by atoms with Crippen LogP contribution in [0, 0.1) is 12.7 Å². The van der Waals surface area contributed by atoms with Crippen molar-refractivity contribution in [3.8, 4) is 11.4 Å². The van der Waals surface area contributed by atoms with Gasteiger partial charge in [0.05, 0.1) is 0 Å². The fourth-order valence-corrected chi connectivity index (χ4v) is 1.78. The van der Waals surface area contributed by atoms with Gasteiger partial charge in [0.15, 0.2) is 5.82 Å². The number of nitrogens with zero attached hydrogens (tertiary/aromatic N) is 4. The van der Waals surface area contributed by atoms with Gasteiger partial charge in [-0.3, -0.25) is 0 Å². The SMILES string of the molecule is CCn1nc(-c2ccc(F)c(C)c2)nc1N(C)C. The highest BCUT2D eigenvalue weighted by Gasteiger charge is 2.12. The Hall–Kier alpha value is -1.91. The molecular formula is C13H17FN4. The summed E-state index contributed by atoms with van der Waals surface area (Å²) in [5, 5.41) is 4.43. The summed E-state index contributed by atoms with van der Waals surface area (Å²) in [6.45, 7) is 4.50. The number of benzene rings is 1. The van der Waals surface area contributed by atoms with Crippen LogP contribution in [0.15, 0.2) is 18.2 Å². The number of hydrogen-bond acceptors (Lipinski definition) is 3. The fraction of sp³-hybridized carbons (Fsp3) is 0.385. The lowest BCUT2D eigenvalue weighted by Crippen LogP contribution is -2.15. The molecule has 0 unspecified atom stereocenters. The molecule has 0 saturated heterocycles. The predicted octanol–water partition coefficient (Wildman–Crippen LogP) is 2.48. The lowest BCUT2D eigenvalue weighted by atomic mass is 10.1. The molecule has 0 aliphatic rings. The van der Waals surface area contributed by atoms with Gasteiger partial charge in [-0.05, 0) is 37.6 Å². The summed E-state index contributed by atoms with van der Waals surface area (Å²) in [6.07, 6.45) is 0. The maximum atomic E-state index is 13.2. The summed E-state index contributed by atoms with van der Waals surface area (Å²) in [5.74, 6) is 1.22. The monoisotopic (exact) mass is 248 g/mol. The van der Waals surface area contributed by atoms with Gasteiger partial charge in [0.2, 0.25) is 5.95 Å². The highest BCUT2D eigenvalue weighted by molar-refractivity contribution is 5.57. The largest absolute Gasteiger partial charge is 0.347 e. The molecule has 1 aromatic carbocycles. The molecule has 5 heteroatoms. The Balaban J connectivity index is 2.47. The van der Waals surface area contributed by atoms with E-state index in [1.54, 1.807) is 19.1 Å². The molecule has 0 atom stereocenters. The van der Waals surface area contributed by atoms with E-state index in [0.717, 1.165) is 18.1 Å². The van der Waals surface area contributed by atoms with Gasteiger partial charge in [0.25, 0.3) is 0 Å². The third-order valence-electron chi connectivity index (χ3n) is 2.77. The minimum absolute atomic E-state index is 0.207. The normalized spacial score (nSPS) is 10.7. The quantitative estimate of drug-likeness (QED) is 0.836. The molecule has 18 heavy (non-hydrogen) atoms. The number of rotatable bonds is 3. The van der Waals surface area contributed by atoms with Crippen molar-refractivity contribution in [3.05, 3.63) is 29.6 Å². The van der Waals surface area contributed by atoms with Crippen molar-refractivity contribution >= 4 is 5.95 Å². The van der Waals surface area contributed by atoms with E-state index in [-0.39, 0.29) is 5.82 Å². The summed E-state index contributed by atoms with van der Waals surface area (Å²) in [4.78, 5) is 6.39. The van der Waals surface area contributed by atoms with Crippen molar-refractivity contribution in [1.82, 2.24) is 14.8 Å². The zero-order chi connectivity index (χ0) is 13.3. The van der Waals surface area contributed by atoms with Gasteiger partial charge in [0.1, 0.15) is 5.82 Å². The van der Waals surface area contributed by atoms with Gasteiger partial charge in [0, 0.05) is 26.2 Å². The van der Waals surface area contributed by atoms with E-state index in [1.807, 2.05) is 30.6 Å². The Kier molecular flexibility index (Phi) is 3.32. The van der Waals surface area contributed by atoms with E-state index in [9.17, 15) is 4.39 Å². The second kappa shape index (κ2) is 4.76. The molecule has 2 aromatic rings. The summed E-state index contributed by atoms with van der Waals surface area (Å²) >= 11 is 0. The molecule has 0 spiro atoms. The van der Waals surface area contributed by atoms with Crippen molar-refractivity contribution in [2.75, 3.05) is 19.0 Å². The van der Waals surface area contributed by atoms with Crippen LogP contribution in [0.1, 0.15) is 12.5 Å². The van der Waals surface area contributed by atoms with Gasteiger partial charge in [-0.2, -0.15) is 4.98 Å². The third kappa shape index (κ3) is 2.20. The number of aryl methyl sites for hydroxylation is 2. The zero-order valence-corrected chi connectivity index (χ0v) is 11.1. The van der Waals surface area contributed by atoms with Crippen molar-refractivity contribution < 1.29 is 4.39 Å². The molecule has 1 aromatic heterocycles. The third-order valence-corrected chi connectivity index (χ3v) is 2.77. The molecule has 0 aliphatic heterocycles. The number of anilines is 1. The first-order valence-electron chi connectivity index (χ1n) is 5.91. The molecule has 0 fully saturated rings. The topological polar surface area (TPSA) is 34.0 Å². The molecule has 4 nitrogen and oxygen atoms in total. The van der Waals surface area contributed by atoms with E-state index < -0.39 is 0 Å². The maximum absolute atomic E-state index is 13.2. The number of aromatic nitrogens is 3. The Morgan fingerprint density at radius 2 is 2.06 bits per heavy atom. The average molecular weight is 248 g/mol. The Morgan fingerprint density at radius 3 is 2.56 bits per heavy atom. The highest BCUT2D eigenvalue weighted by Crippen LogP contribution is 2.21. The van der Waals surface area contributed by atoms with Crippen LogP contribution >= 0.6 is 0 Å². The predicted molar refractivity (Wildman–Crippen MR) is 70.2 cm³/mol. The molecule has 96 valence electrons. The van der Waals surface area contributed by atoms with Crippen LogP contribution in [0.3, 0.4) is 0 Å². The van der Waals surface area contributed by atoms with Crippen LogP contribution in [0.2, 0.25) is 0 Å². The average Bonchev–Trinajstić information content (AvgIpc) is 2.77. The first kappa shape index (κ1) is 12.5. The smallest absolute Gasteiger partial charge is 0.223 e. The minimum Gasteiger partial charge on any atom is -0.347 e. The number of halogens is 1. The molecule has 0 radical (unpaired) electrons. The summed E-state index contributed by atoms with van der Waals surface area (Å²) < 4.78 is 15.1. The van der Waals surface area contributed by atoms with E-state index >= 15 is 0 Å². The van der Waals surface area contributed by atoms with Crippen LogP contribution in [-0.4, -0.2) is 28.9 Å². The van der Waals surface area contributed by atoms with Crippen molar-refractivity contribution in [2.24, 2.45) is 0 Å². The van der Waals surface area contributed by atoms with E-state index in [1.165, 1.54) is 6.07 Å². The van der Waals surface area contributed by atoms with Gasteiger partial charge in [-0.25, -0.2) is 9.07 Å². The molecule has 0 bridgehead atoms. The lowest BCUT2D eigenvalue weighted by molar-refractivity contribution is 0.618. The summed E-state index contributed by atoms with van der Waals surface area (Å²) in [7, 11) is 3.85. The first-order chi connectivity index (χ1) is 8.52. The second-order valence-electron chi connectivity index (χ2n) is 4.41. The molecular weight excluding hydrogens is 231 g/mol. The standard InChI is InChI=1S/C13H17FN4/c1-5-18-13(17(3)4)15-12(16-18)10-6-7-11(14)9(2)8-10/h6-8H,5H2,1-4H3. The Bertz CT molecular complexity index is 560. The van der Waals surface area contributed by atoms with E-state index in [4.69, 9.17) is 0 Å². The van der Waals surface area contributed by atoms with Crippen molar-refractivity contribution in [1.29, 1.82) is 0 Å². The minimum atomic E-state index is -0.207. The van der Waals surface area contributed by atoms with E-state index in [0.29, 0.717) is 11.4 Å². The van der Waals surface area contributed by atoms with Crippen molar-refractivity contribution in [3.63, 3.8) is 0 Å². The van der Waals surface area contributed by atoms with Crippen molar-refractivity contribution in [2.45, 2.75) is 20.4 Å². The van der Waals surface area contributed by atoms with Gasteiger partial charge in [-0.15, -0.1) is 5.10 Å². The molecule has 1 heterocycles. The molecule has 0 amide bonds. The van der Waals surface area contributed by atoms with Crippen LogP contribution in [0.25, 0.3) is 11.4 Å². The van der Waals surface area contributed by atoms with Crippen LogP contribution in [0.4, 0.5) is 10.3 Å². The second-order valence-corrected chi connectivity index (χ2v) is 4.41. The maximum Gasteiger partial charge on any atom is 0.223 e.